The van der Waals surface area contributed by atoms with Gasteiger partial charge >= 0.3 is 0 Å². The van der Waals surface area contributed by atoms with Crippen LogP contribution in [0.25, 0.3) is 0 Å². The molecule has 0 aromatic rings. The van der Waals surface area contributed by atoms with Crippen molar-refractivity contribution >= 4 is 0 Å². The summed E-state index contributed by atoms with van der Waals surface area (Å²) in [5.74, 6) is 0.528. The quantitative estimate of drug-likeness (QED) is 0.760. The number of hydrogen-bond acceptors (Lipinski definition) is 2. The van der Waals surface area contributed by atoms with Crippen LogP contribution in [0, 0.1) is 5.92 Å². The maximum atomic E-state index is 10.1. The highest BCUT2D eigenvalue weighted by Gasteiger charge is 2.36. The lowest BCUT2D eigenvalue weighted by atomic mass is 9.87. The van der Waals surface area contributed by atoms with E-state index in [-0.39, 0.29) is 6.10 Å². The molecule has 0 amide bonds. The van der Waals surface area contributed by atoms with Crippen molar-refractivity contribution in [1.82, 2.24) is 4.90 Å². The second kappa shape index (κ2) is 6.01. The van der Waals surface area contributed by atoms with Crippen molar-refractivity contribution in [2.45, 2.75) is 64.0 Å². The topological polar surface area (TPSA) is 23.5 Å². The Bertz CT molecular complexity index is 264. The molecule has 1 saturated heterocycles. The first kappa shape index (κ1) is 13.1. The molecule has 2 rings (SSSR count). The van der Waals surface area contributed by atoms with Crippen molar-refractivity contribution in [3.63, 3.8) is 0 Å². The first-order chi connectivity index (χ1) is 8.22. The molecule has 0 aromatic heterocycles. The smallest absolute Gasteiger partial charge is 0.0583 e. The number of rotatable bonds is 4. The van der Waals surface area contributed by atoms with Gasteiger partial charge in [-0.05, 0) is 38.6 Å². The van der Waals surface area contributed by atoms with Gasteiger partial charge in [0.2, 0.25) is 0 Å². The Kier molecular flexibility index (Phi) is 4.63. The van der Waals surface area contributed by atoms with Crippen LogP contribution in [0.3, 0.4) is 0 Å². The Morgan fingerprint density at radius 1 is 1.24 bits per heavy atom. The van der Waals surface area contributed by atoms with E-state index in [1.807, 2.05) is 0 Å². The molecule has 1 heterocycles. The first-order valence-electron chi connectivity index (χ1n) is 7.31. The van der Waals surface area contributed by atoms with Crippen LogP contribution in [0.4, 0.5) is 0 Å². The molecule has 2 heteroatoms. The molecule has 0 aromatic carbocycles. The zero-order chi connectivity index (χ0) is 12.3. The molecule has 0 bridgehead atoms. The second-order valence-corrected chi connectivity index (χ2v) is 5.80. The molecule has 2 aliphatic rings. The van der Waals surface area contributed by atoms with Crippen molar-refractivity contribution in [3.8, 4) is 0 Å². The van der Waals surface area contributed by atoms with Crippen molar-refractivity contribution in [1.29, 1.82) is 0 Å². The minimum Gasteiger partial charge on any atom is -0.393 e. The van der Waals surface area contributed by atoms with Gasteiger partial charge in [0.25, 0.3) is 0 Å². The lowest BCUT2D eigenvalue weighted by molar-refractivity contribution is 0.0401. The molecule has 17 heavy (non-hydrogen) atoms. The standard InChI is InChI=1S/C15H27NO/c1-3-12(2)11-16-10-5-4-8-14(16)13-7-6-9-15(13)17/h13-15,17H,2-11H2,1H3. The lowest BCUT2D eigenvalue weighted by Crippen LogP contribution is -2.46. The van der Waals surface area contributed by atoms with Gasteiger partial charge in [-0.3, -0.25) is 4.90 Å². The fourth-order valence-corrected chi connectivity index (χ4v) is 3.51. The van der Waals surface area contributed by atoms with E-state index in [1.165, 1.54) is 44.2 Å². The van der Waals surface area contributed by atoms with Gasteiger partial charge in [-0.1, -0.05) is 31.9 Å². The summed E-state index contributed by atoms with van der Waals surface area (Å²) in [6, 6.07) is 0.615. The highest BCUT2D eigenvalue weighted by molar-refractivity contribution is 5.00. The minimum absolute atomic E-state index is 0.0458. The Morgan fingerprint density at radius 2 is 2.06 bits per heavy atom. The zero-order valence-electron chi connectivity index (χ0n) is 11.2. The van der Waals surface area contributed by atoms with Crippen LogP contribution in [0.5, 0.6) is 0 Å². The van der Waals surface area contributed by atoms with Crippen LogP contribution < -0.4 is 0 Å². The summed E-state index contributed by atoms with van der Waals surface area (Å²) in [5, 5.41) is 10.1. The van der Waals surface area contributed by atoms with Gasteiger partial charge in [-0.15, -0.1) is 0 Å². The van der Waals surface area contributed by atoms with E-state index in [0.29, 0.717) is 12.0 Å². The second-order valence-electron chi connectivity index (χ2n) is 5.80. The molecule has 3 atom stereocenters. The molecule has 1 N–H and O–H groups in total. The molecule has 0 radical (unpaired) electrons. The van der Waals surface area contributed by atoms with Crippen molar-refractivity contribution in [2.24, 2.45) is 5.92 Å². The maximum Gasteiger partial charge on any atom is 0.0583 e. The summed E-state index contributed by atoms with van der Waals surface area (Å²) >= 11 is 0. The largest absolute Gasteiger partial charge is 0.393 e. The van der Waals surface area contributed by atoms with E-state index < -0.39 is 0 Å². The van der Waals surface area contributed by atoms with Crippen LogP contribution in [0.1, 0.15) is 51.9 Å². The third kappa shape index (κ3) is 3.11. The molecule has 2 fully saturated rings. The average molecular weight is 237 g/mol. The van der Waals surface area contributed by atoms with Crippen molar-refractivity contribution in [3.05, 3.63) is 12.2 Å². The number of likely N-dealkylation sites (tertiary alicyclic amines) is 1. The molecule has 2 nitrogen and oxygen atoms in total. The van der Waals surface area contributed by atoms with E-state index in [1.54, 1.807) is 0 Å². The fraction of sp³-hybridized carbons (Fsp3) is 0.867. The summed E-state index contributed by atoms with van der Waals surface area (Å²) < 4.78 is 0. The van der Waals surface area contributed by atoms with Gasteiger partial charge in [0, 0.05) is 18.5 Å². The number of aliphatic hydroxyl groups is 1. The van der Waals surface area contributed by atoms with E-state index in [4.69, 9.17) is 0 Å². The van der Waals surface area contributed by atoms with Gasteiger partial charge in [-0.25, -0.2) is 0 Å². The van der Waals surface area contributed by atoms with Gasteiger partial charge in [-0.2, -0.15) is 0 Å². The first-order valence-corrected chi connectivity index (χ1v) is 7.31. The van der Waals surface area contributed by atoms with Crippen LogP contribution >= 0.6 is 0 Å². The Balaban J connectivity index is 1.98. The zero-order valence-corrected chi connectivity index (χ0v) is 11.2. The van der Waals surface area contributed by atoms with E-state index in [9.17, 15) is 5.11 Å². The van der Waals surface area contributed by atoms with Crippen molar-refractivity contribution < 1.29 is 5.11 Å². The minimum atomic E-state index is -0.0458. The summed E-state index contributed by atoms with van der Waals surface area (Å²) in [6.45, 7) is 8.58. The van der Waals surface area contributed by atoms with Crippen LogP contribution in [0.15, 0.2) is 12.2 Å². The molecular weight excluding hydrogens is 210 g/mol. The molecular formula is C15H27NO. The summed E-state index contributed by atoms with van der Waals surface area (Å²) in [6.07, 6.45) is 8.42. The summed E-state index contributed by atoms with van der Waals surface area (Å²) in [4.78, 5) is 2.59. The Morgan fingerprint density at radius 3 is 2.71 bits per heavy atom. The van der Waals surface area contributed by atoms with Crippen LogP contribution in [-0.4, -0.2) is 35.2 Å². The molecule has 0 spiro atoms. The monoisotopic (exact) mass is 237 g/mol. The van der Waals surface area contributed by atoms with Crippen LogP contribution in [-0.2, 0) is 0 Å². The third-order valence-corrected chi connectivity index (χ3v) is 4.62. The lowest BCUT2D eigenvalue weighted by Gasteiger charge is -2.40. The van der Waals surface area contributed by atoms with Gasteiger partial charge < -0.3 is 5.11 Å². The average Bonchev–Trinajstić information content (AvgIpc) is 2.76. The van der Waals surface area contributed by atoms with Crippen LogP contribution in [0.2, 0.25) is 0 Å². The third-order valence-electron chi connectivity index (χ3n) is 4.62. The normalized spacial score (nSPS) is 35.1. The number of hydrogen-bond donors (Lipinski definition) is 1. The maximum absolute atomic E-state index is 10.1. The van der Waals surface area contributed by atoms with E-state index >= 15 is 0 Å². The van der Waals surface area contributed by atoms with E-state index in [2.05, 4.69) is 18.4 Å². The number of nitrogens with zero attached hydrogens (tertiary/aromatic N) is 1. The predicted molar refractivity (Wildman–Crippen MR) is 72.0 cm³/mol. The molecule has 1 aliphatic carbocycles. The van der Waals surface area contributed by atoms with Gasteiger partial charge in [0.1, 0.15) is 0 Å². The highest BCUT2D eigenvalue weighted by Crippen LogP contribution is 2.35. The molecule has 1 saturated carbocycles. The SMILES string of the molecule is C=C(CC)CN1CCCCC1C1CCCC1O. The van der Waals surface area contributed by atoms with E-state index in [0.717, 1.165) is 19.4 Å². The highest BCUT2D eigenvalue weighted by atomic mass is 16.3. The molecule has 3 unspecified atom stereocenters. The Labute approximate surface area is 106 Å². The Hall–Kier alpha value is -0.340. The fourth-order valence-electron chi connectivity index (χ4n) is 3.51. The molecule has 98 valence electrons. The summed E-state index contributed by atoms with van der Waals surface area (Å²) in [7, 11) is 0. The number of piperidine rings is 1. The van der Waals surface area contributed by atoms with Crippen molar-refractivity contribution in [2.75, 3.05) is 13.1 Å². The predicted octanol–water partition coefficient (Wildman–Crippen LogP) is 2.97. The summed E-state index contributed by atoms with van der Waals surface area (Å²) in [5.41, 5.74) is 1.34. The van der Waals surface area contributed by atoms with Gasteiger partial charge in [0.15, 0.2) is 0 Å². The molecule has 1 aliphatic heterocycles. The van der Waals surface area contributed by atoms with Gasteiger partial charge in [0.05, 0.1) is 6.10 Å². The number of aliphatic hydroxyl groups excluding tert-OH is 1.